The van der Waals surface area contributed by atoms with Gasteiger partial charge in [-0.1, -0.05) is 11.2 Å². The van der Waals surface area contributed by atoms with Crippen LogP contribution >= 0.6 is 0 Å². The predicted octanol–water partition coefficient (Wildman–Crippen LogP) is 2.92. The first kappa shape index (κ1) is 18.5. The zero-order valence-electron chi connectivity index (χ0n) is 15.4. The first-order valence-corrected chi connectivity index (χ1v) is 8.84. The highest BCUT2D eigenvalue weighted by atomic mass is 19.1. The molecule has 29 heavy (non-hydrogen) atoms. The fourth-order valence-corrected chi connectivity index (χ4v) is 2.81. The molecule has 0 fully saturated rings. The zero-order valence-corrected chi connectivity index (χ0v) is 15.4. The number of carbonyl (C=O) groups excluding carboxylic acids is 1. The van der Waals surface area contributed by atoms with Gasteiger partial charge in [0.25, 0.3) is 11.3 Å². The largest absolute Gasteiger partial charge is 0.335 e. The number of aryl methyl sites for hydroxylation is 2. The molecule has 4 rings (SSSR count). The molecule has 146 valence electrons. The van der Waals surface area contributed by atoms with Crippen LogP contribution in [0.5, 0.6) is 0 Å². The average Bonchev–Trinajstić information content (AvgIpc) is 3.15. The third-order valence-electron chi connectivity index (χ3n) is 4.34. The summed E-state index contributed by atoms with van der Waals surface area (Å²) in [5, 5.41) is 6.76. The summed E-state index contributed by atoms with van der Waals surface area (Å²) in [5.41, 5.74) is 1.49. The number of anilines is 1. The van der Waals surface area contributed by atoms with E-state index >= 15 is 0 Å². The van der Waals surface area contributed by atoms with Gasteiger partial charge in [0, 0.05) is 24.7 Å². The number of hydrogen-bond acceptors (Lipinski definition) is 6. The SMILES string of the molecule is Cc1ccc(NC(=O)CCn2cnc3onc(-c4ccc(F)cc4)c3c2=O)nc1. The monoisotopic (exact) mass is 393 g/mol. The number of pyridine rings is 1. The topological polar surface area (TPSA) is 103 Å². The van der Waals surface area contributed by atoms with Crippen LogP contribution in [0.2, 0.25) is 0 Å². The number of benzene rings is 1. The first-order chi connectivity index (χ1) is 14.0. The number of halogens is 1. The Bertz CT molecular complexity index is 1230. The Hall–Kier alpha value is -3.88. The van der Waals surface area contributed by atoms with E-state index < -0.39 is 11.4 Å². The summed E-state index contributed by atoms with van der Waals surface area (Å²) in [5.74, 6) is -0.234. The minimum atomic E-state index is -0.397. The molecule has 0 radical (unpaired) electrons. The van der Waals surface area contributed by atoms with Crippen molar-refractivity contribution < 1.29 is 13.7 Å². The number of fused-ring (bicyclic) bond motifs is 1. The first-order valence-electron chi connectivity index (χ1n) is 8.84. The lowest BCUT2D eigenvalue weighted by Crippen LogP contribution is -2.23. The molecule has 3 heterocycles. The van der Waals surface area contributed by atoms with Crippen LogP contribution in [0.15, 0.2) is 58.2 Å². The molecule has 0 bridgehead atoms. The molecule has 0 aliphatic carbocycles. The van der Waals surface area contributed by atoms with Crippen molar-refractivity contribution in [2.45, 2.75) is 19.9 Å². The van der Waals surface area contributed by atoms with Crippen LogP contribution in [0.3, 0.4) is 0 Å². The van der Waals surface area contributed by atoms with E-state index in [1.165, 1.54) is 35.2 Å². The zero-order chi connectivity index (χ0) is 20.4. The summed E-state index contributed by atoms with van der Waals surface area (Å²) >= 11 is 0. The second kappa shape index (κ2) is 7.63. The van der Waals surface area contributed by atoms with Gasteiger partial charge in [-0.25, -0.2) is 14.4 Å². The maximum absolute atomic E-state index is 13.2. The van der Waals surface area contributed by atoms with Gasteiger partial charge in [0.1, 0.15) is 29.0 Å². The number of rotatable bonds is 5. The minimum absolute atomic E-state index is 0.0554. The van der Waals surface area contributed by atoms with Gasteiger partial charge in [0.2, 0.25) is 5.91 Å². The standard InChI is InChI=1S/C20H16FN5O3/c1-12-2-7-15(22-10-12)24-16(27)8-9-26-11-23-19-17(20(26)28)18(25-29-19)13-3-5-14(21)6-4-13/h2-7,10-11H,8-9H2,1H3,(H,22,24,27). The number of nitrogens with one attached hydrogen (secondary N) is 1. The fourth-order valence-electron chi connectivity index (χ4n) is 2.81. The van der Waals surface area contributed by atoms with E-state index in [-0.39, 0.29) is 35.7 Å². The van der Waals surface area contributed by atoms with Crippen molar-refractivity contribution in [1.29, 1.82) is 0 Å². The molecule has 1 amide bonds. The molecule has 0 spiro atoms. The van der Waals surface area contributed by atoms with E-state index in [9.17, 15) is 14.0 Å². The molecule has 8 nitrogen and oxygen atoms in total. The maximum atomic E-state index is 13.2. The molecule has 4 aromatic rings. The predicted molar refractivity (Wildman–Crippen MR) is 104 cm³/mol. The van der Waals surface area contributed by atoms with E-state index in [0.29, 0.717) is 11.4 Å². The number of hydrogen-bond donors (Lipinski definition) is 1. The number of aromatic nitrogens is 4. The number of nitrogens with zero attached hydrogens (tertiary/aromatic N) is 4. The summed E-state index contributed by atoms with van der Waals surface area (Å²) in [4.78, 5) is 33.2. The van der Waals surface area contributed by atoms with Crippen LogP contribution in [0.1, 0.15) is 12.0 Å². The van der Waals surface area contributed by atoms with Gasteiger partial charge in [0.15, 0.2) is 0 Å². The Morgan fingerprint density at radius 2 is 1.97 bits per heavy atom. The van der Waals surface area contributed by atoms with Crippen molar-refractivity contribution in [2.24, 2.45) is 0 Å². The van der Waals surface area contributed by atoms with Crippen molar-refractivity contribution in [2.75, 3.05) is 5.32 Å². The van der Waals surface area contributed by atoms with Crippen molar-refractivity contribution >= 4 is 22.8 Å². The molecule has 3 aromatic heterocycles. The Labute approximate surface area is 164 Å². The van der Waals surface area contributed by atoms with Gasteiger partial charge in [-0.2, -0.15) is 0 Å². The van der Waals surface area contributed by atoms with Gasteiger partial charge in [-0.15, -0.1) is 0 Å². The van der Waals surface area contributed by atoms with Gasteiger partial charge >= 0.3 is 0 Å². The van der Waals surface area contributed by atoms with E-state index in [1.807, 2.05) is 13.0 Å². The second-order valence-corrected chi connectivity index (χ2v) is 6.48. The van der Waals surface area contributed by atoms with Gasteiger partial charge in [-0.05, 0) is 42.8 Å². The molecule has 0 saturated carbocycles. The van der Waals surface area contributed by atoms with Crippen molar-refractivity contribution in [3.8, 4) is 11.3 Å². The van der Waals surface area contributed by atoms with Crippen LogP contribution in [-0.2, 0) is 11.3 Å². The molecule has 0 aliphatic heterocycles. The van der Waals surface area contributed by atoms with E-state index in [4.69, 9.17) is 4.52 Å². The van der Waals surface area contributed by atoms with E-state index in [0.717, 1.165) is 5.56 Å². The second-order valence-electron chi connectivity index (χ2n) is 6.48. The number of carbonyl (C=O) groups is 1. The van der Waals surface area contributed by atoms with Crippen molar-refractivity contribution in [3.05, 3.63) is 70.7 Å². The molecule has 0 saturated heterocycles. The van der Waals surface area contributed by atoms with Gasteiger partial charge in [0.05, 0.1) is 0 Å². The molecular weight excluding hydrogens is 377 g/mol. The van der Waals surface area contributed by atoms with Crippen LogP contribution in [0.25, 0.3) is 22.4 Å². The van der Waals surface area contributed by atoms with Crippen LogP contribution in [0, 0.1) is 12.7 Å². The Balaban J connectivity index is 1.55. The van der Waals surface area contributed by atoms with Crippen LogP contribution < -0.4 is 10.9 Å². The highest BCUT2D eigenvalue weighted by molar-refractivity contribution is 5.90. The molecule has 1 aromatic carbocycles. The van der Waals surface area contributed by atoms with Gasteiger partial charge < -0.3 is 9.84 Å². The van der Waals surface area contributed by atoms with E-state index in [2.05, 4.69) is 20.4 Å². The molecule has 0 atom stereocenters. The van der Waals surface area contributed by atoms with Crippen LogP contribution in [-0.4, -0.2) is 25.6 Å². The summed E-state index contributed by atoms with van der Waals surface area (Å²) < 4.78 is 19.6. The highest BCUT2D eigenvalue weighted by Crippen LogP contribution is 2.24. The molecule has 1 N–H and O–H groups in total. The average molecular weight is 393 g/mol. The Morgan fingerprint density at radius 1 is 1.17 bits per heavy atom. The number of amides is 1. The summed E-state index contributed by atoms with van der Waals surface area (Å²) in [6.07, 6.45) is 3.02. The maximum Gasteiger partial charge on any atom is 0.266 e. The van der Waals surface area contributed by atoms with Crippen LogP contribution in [0.4, 0.5) is 10.2 Å². The normalized spacial score (nSPS) is 11.0. The lowest BCUT2D eigenvalue weighted by atomic mass is 10.1. The third-order valence-corrected chi connectivity index (χ3v) is 4.34. The summed E-state index contributed by atoms with van der Waals surface area (Å²) in [7, 11) is 0. The highest BCUT2D eigenvalue weighted by Gasteiger charge is 2.17. The smallest absolute Gasteiger partial charge is 0.266 e. The minimum Gasteiger partial charge on any atom is -0.335 e. The Kier molecular flexibility index (Phi) is 4.86. The third kappa shape index (κ3) is 3.88. The summed E-state index contributed by atoms with van der Waals surface area (Å²) in [6.45, 7) is 2.02. The Morgan fingerprint density at radius 3 is 2.69 bits per heavy atom. The molecule has 0 aliphatic rings. The van der Waals surface area contributed by atoms with E-state index in [1.54, 1.807) is 12.3 Å². The van der Waals surface area contributed by atoms with Crippen molar-refractivity contribution in [1.82, 2.24) is 19.7 Å². The van der Waals surface area contributed by atoms with Crippen molar-refractivity contribution in [3.63, 3.8) is 0 Å². The summed E-state index contributed by atoms with van der Waals surface area (Å²) in [6, 6.07) is 9.10. The van der Waals surface area contributed by atoms with Gasteiger partial charge in [-0.3, -0.25) is 14.2 Å². The lowest BCUT2D eigenvalue weighted by molar-refractivity contribution is -0.116. The fraction of sp³-hybridized carbons (Fsp3) is 0.150. The lowest BCUT2D eigenvalue weighted by Gasteiger charge is -2.06. The molecular formula is C20H16FN5O3. The quantitative estimate of drug-likeness (QED) is 0.559. The molecule has 0 unspecified atom stereocenters. The molecule has 9 heteroatoms.